The number of hydrogen-bond acceptors (Lipinski definition) is 4. The lowest BCUT2D eigenvalue weighted by Crippen LogP contribution is -2.50. The van der Waals surface area contributed by atoms with Crippen molar-refractivity contribution in [1.82, 2.24) is 5.32 Å². The zero-order valence-corrected chi connectivity index (χ0v) is 11.8. The van der Waals surface area contributed by atoms with E-state index in [1.165, 1.54) is 6.92 Å². The standard InChI is InChI=1S/C12H19NO5S/c1-6(19(2,17)18)11(14)13-10-8-4-3-7(5-8)9(10)12(15)16/h6-10H,3-5H2,1-2H3,(H,13,14)(H,15,16)/t6?,7-,8+,9+,10-/m0/s1. The molecule has 0 radical (unpaired) electrons. The van der Waals surface area contributed by atoms with Gasteiger partial charge in [0, 0.05) is 12.3 Å². The van der Waals surface area contributed by atoms with Gasteiger partial charge in [-0.2, -0.15) is 0 Å². The molecule has 0 heterocycles. The molecule has 19 heavy (non-hydrogen) atoms. The molecule has 1 unspecified atom stereocenters. The Morgan fingerprint density at radius 1 is 1.26 bits per heavy atom. The number of fused-ring (bicyclic) bond motifs is 2. The van der Waals surface area contributed by atoms with Crippen LogP contribution in [0, 0.1) is 17.8 Å². The summed E-state index contributed by atoms with van der Waals surface area (Å²) in [6, 6.07) is -0.423. The SMILES string of the molecule is CC(C(=O)N[C@H]1[C@@H]2CC[C@@H](C2)[C@H]1C(=O)O)S(C)(=O)=O. The molecule has 2 saturated carbocycles. The Morgan fingerprint density at radius 3 is 2.37 bits per heavy atom. The van der Waals surface area contributed by atoms with Crippen LogP contribution in [0.15, 0.2) is 0 Å². The van der Waals surface area contributed by atoms with E-state index in [1.807, 2.05) is 0 Å². The average Bonchev–Trinajstić information content (AvgIpc) is 2.86. The minimum Gasteiger partial charge on any atom is -0.481 e. The van der Waals surface area contributed by atoms with E-state index < -0.39 is 38.9 Å². The number of carbonyl (C=O) groups excluding carboxylic acids is 1. The summed E-state index contributed by atoms with van der Waals surface area (Å²) >= 11 is 0. The summed E-state index contributed by atoms with van der Waals surface area (Å²) in [6.45, 7) is 1.33. The number of rotatable bonds is 4. The summed E-state index contributed by atoms with van der Waals surface area (Å²) in [5.74, 6) is -1.78. The number of amides is 1. The van der Waals surface area contributed by atoms with Crippen LogP contribution in [-0.4, -0.2) is 42.9 Å². The van der Waals surface area contributed by atoms with Gasteiger partial charge < -0.3 is 10.4 Å². The predicted octanol–water partition coefficient (Wildman–Crippen LogP) is 0.0350. The van der Waals surface area contributed by atoms with Gasteiger partial charge in [0.2, 0.25) is 5.91 Å². The van der Waals surface area contributed by atoms with Crippen LogP contribution in [0.2, 0.25) is 0 Å². The predicted molar refractivity (Wildman–Crippen MR) is 68.2 cm³/mol. The van der Waals surface area contributed by atoms with Crippen LogP contribution in [0.4, 0.5) is 0 Å². The minimum absolute atomic E-state index is 0.112. The van der Waals surface area contributed by atoms with Gasteiger partial charge in [-0.1, -0.05) is 0 Å². The Bertz CT molecular complexity index is 500. The van der Waals surface area contributed by atoms with Gasteiger partial charge in [0.05, 0.1) is 5.92 Å². The average molecular weight is 289 g/mol. The van der Waals surface area contributed by atoms with Crippen molar-refractivity contribution >= 4 is 21.7 Å². The van der Waals surface area contributed by atoms with Crippen molar-refractivity contribution < 1.29 is 23.1 Å². The molecule has 2 bridgehead atoms. The smallest absolute Gasteiger partial charge is 0.308 e. The van der Waals surface area contributed by atoms with Crippen molar-refractivity contribution in [1.29, 1.82) is 0 Å². The van der Waals surface area contributed by atoms with Crippen LogP contribution >= 0.6 is 0 Å². The van der Waals surface area contributed by atoms with E-state index >= 15 is 0 Å². The van der Waals surface area contributed by atoms with E-state index in [0.29, 0.717) is 0 Å². The summed E-state index contributed by atoms with van der Waals surface area (Å²) in [5.41, 5.74) is 0. The molecule has 7 heteroatoms. The van der Waals surface area contributed by atoms with Crippen LogP contribution in [0.5, 0.6) is 0 Å². The van der Waals surface area contributed by atoms with Gasteiger partial charge in [0.15, 0.2) is 9.84 Å². The molecule has 2 fully saturated rings. The molecule has 0 aromatic carbocycles. The van der Waals surface area contributed by atoms with Crippen molar-refractivity contribution in [2.24, 2.45) is 17.8 Å². The van der Waals surface area contributed by atoms with E-state index in [4.69, 9.17) is 0 Å². The second kappa shape index (κ2) is 4.77. The molecule has 2 aliphatic carbocycles. The molecular weight excluding hydrogens is 270 g/mol. The molecule has 108 valence electrons. The molecule has 2 N–H and O–H groups in total. The van der Waals surface area contributed by atoms with Gasteiger partial charge in [-0.3, -0.25) is 9.59 Å². The summed E-state index contributed by atoms with van der Waals surface area (Å²) in [4.78, 5) is 23.2. The molecular formula is C12H19NO5S. The van der Waals surface area contributed by atoms with E-state index in [0.717, 1.165) is 25.5 Å². The topological polar surface area (TPSA) is 101 Å². The first-order valence-electron chi connectivity index (χ1n) is 6.44. The van der Waals surface area contributed by atoms with Gasteiger partial charge in [-0.15, -0.1) is 0 Å². The fraction of sp³-hybridized carbons (Fsp3) is 0.833. The van der Waals surface area contributed by atoms with Gasteiger partial charge >= 0.3 is 5.97 Å². The fourth-order valence-corrected chi connectivity index (χ4v) is 3.79. The number of aliphatic carboxylic acids is 1. The number of carboxylic acid groups (broad SMARTS) is 1. The zero-order chi connectivity index (χ0) is 14.4. The number of carboxylic acids is 1. The molecule has 0 aromatic rings. The van der Waals surface area contributed by atoms with Gasteiger partial charge in [-0.25, -0.2) is 8.42 Å². The third kappa shape index (κ3) is 2.61. The third-order valence-electron chi connectivity index (χ3n) is 4.52. The van der Waals surface area contributed by atoms with Gasteiger partial charge in [0.25, 0.3) is 0 Å². The third-order valence-corrected chi connectivity index (χ3v) is 6.02. The minimum atomic E-state index is -3.45. The summed E-state index contributed by atoms with van der Waals surface area (Å²) < 4.78 is 22.7. The number of carbonyl (C=O) groups is 2. The fourth-order valence-electron chi connectivity index (χ4n) is 3.33. The van der Waals surface area contributed by atoms with E-state index in [-0.39, 0.29) is 11.8 Å². The quantitative estimate of drug-likeness (QED) is 0.760. The monoisotopic (exact) mass is 289 g/mol. The molecule has 0 aliphatic heterocycles. The first kappa shape index (κ1) is 14.3. The highest BCUT2D eigenvalue weighted by atomic mass is 32.2. The highest BCUT2D eigenvalue weighted by Gasteiger charge is 2.51. The van der Waals surface area contributed by atoms with Crippen LogP contribution < -0.4 is 5.32 Å². The van der Waals surface area contributed by atoms with E-state index in [1.54, 1.807) is 0 Å². The first-order valence-corrected chi connectivity index (χ1v) is 8.39. The van der Waals surface area contributed by atoms with Crippen molar-refractivity contribution in [3.8, 4) is 0 Å². The van der Waals surface area contributed by atoms with E-state index in [2.05, 4.69) is 5.32 Å². The molecule has 6 nitrogen and oxygen atoms in total. The van der Waals surface area contributed by atoms with Crippen LogP contribution in [0.25, 0.3) is 0 Å². The maximum absolute atomic E-state index is 11.9. The number of sulfone groups is 1. The number of hydrogen-bond donors (Lipinski definition) is 2. The van der Waals surface area contributed by atoms with Crippen LogP contribution in [-0.2, 0) is 19.4 Å². The van der Waals surface area contributed by atoms with Crippen LogP contribution in [0.3, 0.4) is 0 Å². The van der Waals surface area contributed by atoms with Crippen LogP contribution in [0.1, 0.15) is 26.2 Å². The molecule has 1 amide bonds. The van der Waals surface area contributed by atoms with Crippen molar-refractivity contribution in [2.45, 2.75) is 37.5 Å². The molecule has 0 saturated heterocycles. The highest BCUT2D eigenvalue weighted by molar-refractivity contribution is 7.92. The molecule has 2 aliphatic rings. The van der Waals surface area contributed by atoms with E-state index in [9.17, 15) is 23.1 Å². The Labute approximate surface area is 112 Å². The van der Waals surface area contributed by atoms with Crippen molar-refractivity contribution in [2.75, 3.05) is 6.26 Å². The van der Waals surface area contributed by atoms with Crippen molar-refractivity contribution in [3.63, 3.8) is 0 Å². The second-order valence-corrected chi connectivity index (χ2v) is 8.07. The summed E-state index contributed by atoms with van der Waals surface area (Å²) in [6.07, 6.45) is 3.62. The maximum atomic E-state index is 11.9. The Kier molecular flexibility index (Phi) is 3.59. The maximum Gasteiger partial charge on any atom is 0.308 e. The molecule has 5 atom stereocenters. The summed E-state index contributed by atoms with van der Waals surface area (Å²) in [7, 11) is -3.45. The Morgan fingerprint density at radius 2 is 1.84 bits per heavy atom. The lowest BCUT2D eigenvalue weighted by Gasteiger charge is -2.29. The lowest BCUT2D eigenvalue weighted by molar-refractivity contribution is -0.144. The zero-order valence-electron chi connectivity index (χ0n) is 11.0. The summed E-state index contributed by atoms with van der Waals surface area (Å²) in [5, 5.41) is 10.8. The van der Waals surface area contributed by atoms with Gasteiger partial charge in [-0.05, 0) is 38.0 Å². The van der Waals surface area contributed by atoms with Crippen molar-refractivity contribution in [3.05, 3.63) is 0 Å². The first-order chi connectivity index (χ1) is 8.71. The highest BCUT2D eigenvalue weighted by Crippen LogP contribution is 2.48. The molecule has 2 rings (SSSR count). The number of nitrogens with one attached hydrogen (secondary N) is 1. The largest absolute Gasteiger partial charge is 0.481 e. The Balaban J connectivity index is 2.10. The second-order valence-electron chi connectivity index (χ2n) is 5.70. The normalized spacial score (nSPS) is 35.1. The van der Waals surface area contributed by atoms with Gasteiger partial charge in [0.1, 0.15) is 5.25 Å². The molecule has 0 spiro atoms. The Hall–Kier alpha value is -1.11. The lowest BCUT2D eigenvalue weighted by atomic mass is 9.84. The molecule has 0 aromatic heterocycles.